The molecular weight excluding hydrogens is 464 g/mol. The van der Waals surface area contributed by atoms with Crippen molar-refractivity contribution in [2.75, 3.05) is 13.2 Å². The molecule has 0 spiro atoms. The maximum absolute atomic E-state index is 11.7. The molecule has 0 aliphatic heterocycles. The molecule has 0 bridgehead atoms. The van der Waals surface area contributed by atoms with Crippen LogP contribution in [0.25, 0.3) is 22.2 Å². The maximum atomic E-state index is 11.7. The second-order valence-corrected chi connectivity index (χ2v) is 9.05. The molecule has 3 rings (SSSR count). The van der Waals surface area contributed by atoms with Gasteiger partial charge in [0.15, 0.2) is 0 Å². The number of hydrogen-bond donors (Lipinski definition) is 2. The number of rotatable bonds is 13. The normalized spacial score (nSPS) is 11.7. The third-order valence-electron chi connectivity index (χ3n) is 6.13. The molecule has 0 unspecified atom stereocenters. The highest BCUT2D eigenvalue weighted by Crippen LogP contribution is 2.36. The molecule has 2 N–H and O–H groups in total. The Labute approximate surface area is 219 Å². The Morgan fingerprint density at radius 1 is 1.11 bits per heavy atom. The van der Waals surface area contributed by atoms with Crippen molar-refractivity contribution in [3.05, 3.63) is 90.0 Å². The van der Waals surface area contributed by atoms with E-state index in [9.17, 15) is 14.7 Å². The fourth-order valence-electron chi connectivity index (χ4n) is 4.32. The van der Waals surface area contributed by atoms with Gasteiger partial charge in [-0.1, -0.05) is 50.3 Å². The summed E-state index contributed by atoms with van der Waals surface area (Å²) in [5.74, 6) is -0.284. The molecule has 1 amide bonds. The summed E-state index contributed by atoms with van der Waals surface area (Å²) in [6, 6.07) is 13.3. The Balaban J connectivity index is 2.03. The number of aryl methyl sites for hydroxylation is 1. The molecule has 3 aromatic rings. The number of ether oxygens (including phenoxy) is 1. The molecule has 2 aromatic carbocycles. The van der Waals surface area contributed by atoms with Gasteiger partial charge in [0.1, 0.15) is 12.4 Å². The monoisotopic (exact) mass is 500 g/mol. The molecule has 6 heteroatoms. The number of carboxylic acid groups (broad SMARTS) is 1. The zero-order valence-electron chi connectivity index (χ0n) is 21.9. The van der Waals surface area contributed by atoms with Gasteiger partial charge < -0.3 is 19.7 Å². The summed E-state index contributed by atoms with van der Waals surface area (Å²) in [7, 11) is 0. The molecule has 0 atom stereocenters. The summed E-state index contributed by atoms with van der Waals surface area (Å²) >= 11 is 0. The van der Waals surface area contributed by atoms with Crippen LogP contribution in [0.1, 0.15) is 49.5 Å². The van der Waals surface area contributed by atoms with Crippen LogP contribution in [0.3, 0.4) is 0 Å². The van der Waals surface area contributed by atoms with E-state index in [-0.39, 0.29) is 11.5 Å². The van der Waals surface area contributed by atoms with E-state index in [4.69, 9.17) is 4.74 Å². The van der Waals surface area contributed by atoms with Crippen molar-refractivity contribution in [2.24, 2.45) is 0 Å². The highest BCUT2D eigenvalue weighted by molar-refractivity contribution is 5.97. The molecule has 37 heavy (non-hydrogen) atoms. The Morgan fingerprint density at radius 3 is 2.51 bits per heavy atom. The highest BCUT2D eigenvalue weighted by Gasteiger charge is 2.20. The van der Waals surface area contributed by atoms with Gasteiger partial charge >= 0.3 is 5.97 Å². The molecule has 194 valence electrons. The molecule has 0 saturated heterocycles. The second kappa shape index (κ2) is 13.3. The molecular formula is C31H36N2O4. The van der Waals surface area contributed by atoms with Crippen LogP contribution in [0, 0.1) is 0 Å². The lowest BCUT2D eigenvalue weighted by molar-refractivity contribution is -0.118. The van der Waals surface area contributed by atoms with Crippen LogP contribution in [0.4, 0.5) is 0 Å². The third-order valence-corrected chi connectivity index (χ3v) is 6.13. The minimum absolute atomic E-state index is 0.0960. The number of aromatic carboxylic acids is 1. The number of fused-ring (bicyclic) bond motifs is 1. The zero-order valence-corrected chi connectivity index (χ0v) is 21.9. The first kappa shape index (κ1) is 27.5. The lowest BCUT2D eigenvalue weighted by atomic mass is 10.00. The highest BCUT2D eigenvalue weighted by atomic mass is 16.5. The SMILES string of the molecule is C=C/C=C\C=C(/C)COc1ccc(-c2c(CCCC)c3ccc(C(=O)O)cc3n2CCNC(C)=O)cc1. The van der Waals surface area contributed by atoms with Crippen molar-refractivity contribution >= 4 is 22.8 Å². The van der Waals surface area contributed by atoms with Crippen LogP contribution >= 0.6 is 0 Å². The van der Waals surface area contributed by atoms with Crippen LogP contribution in [0.5, 0.6) is 5.75 Å². The Kier molecular flexibility index (Phi) is 9.90. The lowest BCUT2D eigenvalue weighted by Crippen LogP contribution is -2.24. The largest absolute Gasteiger partial charge is 0.489 e. The van der Waals surface area contributed by atoms with Crippen LogP contribution in [0.2, 0.25) is 0 Å². The summed E-state index contributed by atoms with van der Waals surface area (Å²) in [4.78, 5) is 23.3. The van der Waals surface area contributed by atoms with Gasteiger partial charge in [-0.15, -0.1) is 0 Å². The van der Waals surface area contributed by atoms with Crippen LogP contribution in [-0.2, 0) is 17.8 Å². The van der Waals surface area contributed by atoms with E-state index in [0.29, 0.717) is 19.7 Å². The number of carbonyl (C=O) groups excluding carboxylic acids is 1. The zero-order chi connectivity index (χ0) is 26.8. The molecule has 0 aliphatic carbocycles. The van der Waals surface area contributed by atoms with Gasteiger partial charge in [-0.05, 0) is 72.9 Å². The molecule has 1 heterocycles. The quantitative estimate of drug-likeness (QED) is 0.261. The number of aromatic nitrogens is 1. The summed E-state index contributed by atoms with van der Waals surface area (Å²) in [6.45, 7) is 10.8. The summed E-state index contributed by atoms with van der Waals surface area (Å²) in [5, 5.41) is 13.5. The van der Waals surface area contributed by atoms with E-state index >= 15 is 0 Å². The third kappa shape index (κ3) is 7.23. The van der Waals surface area contributed by atoms with E-state index in [1.54, 1.807) is 18.2 Å². The molecule has 1 aromatic heterocycles. The molecule has 6 nitrogen and oxygen atoms in total. The molecule has 0 aliphatic rings. The van der Waals surface area contributed by atoms with Crippen molar-refractivity contribution in [1.82, 2.24) is 9.88 Å². The van der Waals surface area contributed by atoms with Crippen LogP contribution < -0.4 is 10.1 Å². The maximum Gasteiger partial charge on any atom is 0.335 e. The minimum Gasteiger partial charge on any atom is -0.489 e. The fraction of sp³-hybridized carbons (Fsp3) is 0.290. The predicted octanol–water partition coefficient (Wildman–Crippen LogP) is 6.55. The number of unbranched alkanes of at least 4 members (excludes halogenated alkanes) is 1. The average molecular weight is 501 g/mol. The number of carbonyl (C=O) groups is 2. The summed E-state index contributed by atoms with van der Waals surface area (Å²) < 4.78 is 8.10. The number of carboxylic acids is 1. The second-order valence-electron chi connectivity index (χ2n) is 9.05. The summed E-state index contributed by atoms with van der Waals surface area (Å²) in [6.07, 6.45) is 10.5. The van der Waals surface area contributed by atoms with Crippen molar-refractivity contribution in [3.8, 4) is 17.0 Å². The summed E-state index contributed by atoms with van der Waals surface area (Å²) in [5.41, 5.74) is 5.47. The van der Waals surface area contributed by atoms with Gasteiger partial charge in [0, 0.05) is 30.9 Å². The average Bonchev–Trinajstić information content (AvgIpc) is 3.19. The Morgan fingerprint density at radius 2 is 1.86 bits per heavy atom. The minimum atomic E-state index is -0.959. The fourth-order valence-corrected chi connectivity index (χ4v) is 4.32. The van der Waals surface area contributed by atoms with Crippen molar-refractivity contribution in [1.29, 1.82) is 0 Å². The van der Waals surface area contributed by atoms with Gasteiger partial charge in [0.2, 0.25) is 5.91 Å². The number of hydrogen-bond acceptors (Lipinski definition) is 3. The van der Waals surface area contributed by atoms with Gasteiger partial charge in [0.25, 0.3) is 0 Å². The van der Waals surface area contributed by atoms with Gasteiger partial charge in [0.05, 0.1) is 11.3 Å². The first-order chi connectivity index (χ1) is 17.8. The standard InChI is InChI=1S/C31H36N2O4/c1-5-7-9-10-22(3)21-37-26-15-12-24(13-16-26)30-28(11-8-6-2)27-17-14-25(31(35)36)20-29(27)33(30)19-18-32-23(4)34/h5,7,9-10,12-17,20H,1,6,8,11,18-19,21H2,2-4H3,(H,32,34)(H,35,36)/b9-7-,22-10+. The number of allylic oxidation sites excluding steroid dienone is 4. The van der Waals surface area contributed by atoms with Crippen molar-refractivity contribution < 1.29 is 19.4 Å². The molecule has 0 fully saturated rings. The number of nitrogens with zero attached hydrogens (tertiary/aromatic N) is 1. The number of amides is 1. The van der Waals surface area contributed by atoms with Gasteiger partial charge in [-0.3, -0.25) is 4.79 Å². The molecule has 0 saturated carbocycles. The van der Waals surface area contributed by atoms with Gasteiger partial charge in [-0.2, -0.15) is 0 Å². The van der Waals surface area contributed by atoms with E-state index in [0.717, 1.165) is 52.7 Å². The van der Waals surface area contributed by atoms with E-state index in [2.05, 4.69) is 23.4 Å². The van der Waals surface area contributed by atoms with Gasteiger partial charge in [-0.25, -0.2) is 4.79 Å². The first-order valence-electron chi connectivity index (χ1n) is 12.7. The Bertz CT molecular complexity index is 1310. The van der Waals surface area contributed by atoms with E-state index in [1.165, 1.54) is 12.5 Å². The number of nitrogens with one attached hydrogen (secondary N) is 1. The first-order valence-corrected chi connectivity index (χ1v) is 12.7. The van der Waals surface area contributed by atoms with Crippen molar-refractivity contribution in [2.45, 2.75) is 46.6 Å². The predicted molar refractivity (Wildman–Crippen MR) is 150 cm³/mol. The molecule has 0 radical (unpaired) electrons. The van der Waals surface area contributed by atoms with E-state index < -0.39 is 5.97 Å². The Hall–Kier alpha value is -4.06. The van der Waals surface area contributed by atoms with E-state index in [1.807, 2.05) is 55.5 Å². The van der Waals surface area contributed by atoms with Crippen LogP contribution in [-0.4, -0.2) is 34.7 Å². The van der Waals surface area contributed by atoms with Crippen molar-refractivity contribution in [3.63, 3.8) is 0 Å². The van der Waals surface area contributed by atoms with Crippen LogP contribution in [0.15, 0.2) is 78.9 Å². The smallest absolute Gasteiger partial charge is 0.335 e. The topological polar surface area (TPSA) is 80.6 Å². The number of benzene rings is 2. The lowest BCUT2D eigenvalue weighted by Gasteiger charge is -2.14.